The lowest BCUT2D eigenvalue weighted by molar-refractivity contribution is -0.207. The molecule has 14 heteroatoms. The van der Waals surface area contributed by atoms with Crippen LogP contribution in [0.4, 0.5) is 13.2 Å². The maximum atomic E-state index is 13.0. The summed E-state index contributed by atoms with van der Waals surface area (Å²) in [5.74, 6) is 0.0774. The van der Waals surface area contributed by atoms with E-state index in [0.717, 1.165) is 9.25 Å². The van der Waals surface area contributed by atoms with Crippen molar-refractivity contribution in [3.05, 3.63) is 80.7 Å². The zero-order valence-corrected chi connectivity index (χ0v) is 19.2. The van der Waals surface area contributed by atoms with Crippen LogP contribution in [0, 0.1) is 0 Å². The summed E-state index contributed by atoms with van der Waals surface area (Å²) in [5.41, 5.74) is -0.173. The zero-order chi connectivity index (χ0) is 25.3. The second-order valence-corrected chi connectivity index (χ2v) is 8.25. The maximum Gasteiger partial charge on any atom is 0.416 e. The predicted octanol–water partition coefficient (Wildman–Crippen LogP) is 3.06. The first-order chi connectivity index (χ1) is 16.6. The summed E-state index contributed by atoms with van der Waals surface area (Å²) in [5, 5.41) is 28.4. The second-order valence-electron chi connectivity index (χ2n) is 7.40. The Morgan fingerprint density at radius 1 is 1.03 bits per heavy atom. The number of aliphatic hydroxyl groups excluding tert-OH is 2. The summed E-state index contributed by atoms with van der Waals surface area (Å²) in [6, 6.07) is 12.6. The first-order valence-electron chi connectivity index (χ1n) is 10.1. The molecule has 2 N–H and O–H groups in total. The van der Waals surface area contributed by atoms with Crippen LogP contribution < -0.4 is 5.69 Å². The molecule has 0 saturated carbocycles. The standard InChI is InChI=1S/C21H17Cl2F3N6O3/c22-13-7-5-12(6-8-13)19-29-31(20(35)30(19)9-16(34)21(24,25)26)10-17-27-18(11-33)32(28-17)15-4-2-1-3-14(15)23/h1-8,16,33-34H,9-11H2. The first-order valence-corrected chi connectivity index (χ1v) is 10.8. The molecule has 0 aliphatic heterocycles. The monoisotopic (exact) mass is 528 g/mol. The number of rotatable bonds is 7. The quantitative estimate of drug-likeness (QED) is 0.381. The molecule has 0 radical (unpaired) electrons. The molecule has 0 aliphatic carbocycles. The summed E-state index contributed by atoms with van der Waals surface area (Å²) < 4.78 is 42.0. The van der Waals surface area contributed by atoms with Gasteiger partial charge in [-0.25, -0.2) is 19.1 Å². The number of hydrogen-bond donors (Lipinski definition) is 2. The second kappa shape index (κ2) is 9.82. The molecule has 0 amide bonds. The third-order valence-electron chi connectivity index (χ3n) is 4.99. The van der Waals surface area contributed by atoms with Crippen LogP contribution in [0.1, 0.15) is 11.6 Å². The highest BCUT2D eigenvalue weighted by molar-refractivity contribution is 6.32. The molecule has 35 heavy (non-hydrogen) atoms. The van der Waals surface area contributed by atoms with Crippen LogP contribution in [0.2, 0.25) is 10.0 Å². The third kappa shape index (κ3) is 5.25. The molecule has 1 unspecified atom stereocenters. The predicted molar refractivity (Wildman–Crippen MR) is 120 cm³/mol. The van der Waals surface area contributed by atoms with Crippen LogP contribution in [-0.2, 0) is 19.7 Å². The van der Waals surface area contributed by atoms with Gasteiger partial charge in [0.1, 0.15) is 13.2 Å². The number of aliphatic hydroxyl groups is 2. The minimum absolute atomic E-state index is 0.0553. The van der Waals surface area contributed by atoms with Crippen molar-refractivity contribution >= 4 is 23.2 Å². The van der Waals surface area contributed by atoms with Crippen molar-refractivity contribution in [2.24, 2.45) is 0 Å². The molecule has 0 bridgehead atoms. The number of para-hydroxylation sites is 1. The van der Waals surface area contributed by atoms with Gasteiger partial charge >= 0.3 is 11.9 Å². The molecule has 2 heterocycles. The smallest absolute Gasteiger partial charge is 0.388 e. The van der Waals surface area contributed by atoms with E-state index in [9.17, 15) is 28.2 Å². The van der Waals surface area contributed by atoms with Gasteiger partial charge in [0, 0.05) is 10.6 Å². The van der Waals surface area contributed by atoms with Crippen molar-refractivity contribution in [2.45, 2.75) is 32.0 Å². The lowest BCUT2D eigenvalue weighted by Gasteiger charge is -2.15. The van der Waals surface area contributed by atoms with Gasteiger partial charge < -0.3 is 10.2 Å². The van der Waals surface area contributed by atoms with Crippen LogP contribution in [0.15, 0.2) is 53.3 Å². The number of benzene rings is 2. The highest BCUT2D eigenvalue weighted by atomic mass is 35.5. The van der Waals surface area contributed by atoms with E-state index in [1.54, 1.807) is 24.3 Å². The Morgan fingerprint density at radius 3 is 2.34 bits per heavy atom. The molecule has 4 aromatic rings. The number of alkyl halides is 3. The van der Waals surface area contributed by atoms with E-state index in [4.69, 9.17) is 23.2 Å². The highest BCUT2D eigenvalue weighted by Crippen LogP contribution is 2.24. The van der Waals surface area contributed by atoms with E-state index in [1.807, 2.05) is 0 Å². The number of halogens is 5. The topological polar surface area (TPSA) is 111 Å². The van der Waals surface area contributed by atoms with E-state index >= 15 is 0 Å². The van der Waals surface area contributed by atoms with E-state index in [-0.39, 0.29) is 24.0 Å². The van der Waals surface area contributed by atoms with Crippen molar-refractivity contribution in [3.63, 3.8) is 0 Å². The fourth-order valence-corrected chi connectivity index (χ4v) is 3.65. The fraction of sp³-hybridized carbons (Fsp3) is 0.238. The Kier molecular flexibility index (Phi) is 6.99. The molecule has 4 rings (SSSR count). The minimum Gasteiger partial charge on any atom is -0.388 e. The summed E-state index contributed by atoms with van der Waals surface area (Å²) in [7, 11) is 0. The van der Waals surface area contributed by atoms with Gasteiger partial charge in [-0.05, 0) is 36.4 Å². The lowest BCUT2D eigenvalue weighted by Crippen LogP contribution is -2.37. The molecule has 0 saturated heterocycles. The van der Waals surface area contributed by atoms with E-state index in [1.165, 1.54) is 28.9 Å². The molecular weight excluding hydrogens is 512 g/mol. The van der Waals surface area contributed by atoms with Crippen molar-refractivity contribution in [2.75, 3.05) is 0 Å². The molecule has 184 valence electrons. The van der Waals surface area contributed by atoms with Crippen LogP contribution in [-0.4, -0.2) is 51.6 Å². The summed E-state index contributed by atoms with van der Waals surface area (Å²) in [6.07, 6.45) is -7.73. The summed E-state index contributed by atoms with van der Waals surface area (Å²) >= 11 is 12.1. The van der Waals surface area contributed by atoms with Gasteiger partial charge in [-0.3, -0.25) is 4.57 Å². The number of nitrogens with zero attached hydrogens (tertiary/aromatic N) is 6. The largest absolute Gasteiger partial charge is 0.416 e. The van der Waals surface area contributed by atoms with Gasteiger partial charge in [0.15, 0.2) is 23.6 Å². The normalized spacial score (nSPS) is 12.8. The SMILES string of the molecule is O=c1n(Cc2nc(CO)n(-c3ccccc3Cl)n2)nc(-c2ccc(Cl)cc2)n1CC(O)C(F)(F)F. The van der Waals surface area contributed by atoms with Gasteiger partial charge in [0.05, 0.1) is 17.3 Å². The Bertz CT molecular complexity index is 1400. The minimum atomic E-state index is -4.94. The Balaban J connectivity index is 1.76. The zero-order valence-electron chi connectivity index (χ0n) is 17.7. The molecule has 9 nitrogen and oxygen atoms in total. The lowest BCUT2D eigenvalue weighted by atomic mass is 10.2. The molecule has 0 spiro atoms. The van der Waals surface area contributed by atoms with Gasteiger partial charge in [-0.15, -0.1) is 10.2 Å². The summed E-state index contributed by atoms with van der Waals surface area (Å²) in [6.45, 7) is -1.88. The molecule has 2 aromatic carbocycles. The molecular formula is C21H17Cl2F3N6O3. The van der Waals surface area contributed by atoms with E-state index in [0.29, 0.717) is 21.3 Å². The van der Waals surface area contributed by atoms with E-state index in [2.05, 4.69) is 15.2 Å². The Labute approximate surface area is 205 Å². The van der Waals surface area contributed by atoms with Crippen LogP contribution in [0.3, 0.4) is 0 Å². The van der Waals surface area contributed by atoms with Crippen LogP contribution >= 0.6 is 23.2 Å². The molecule has 2 aromatic heterocycles. The number of aromatic nitrogens is 6. The average molecular weight is 529 g/mol. The van der Waals surface area contributed by atoms with Crippen molar-refractivity contribution < 1.29 is 23.4 Å². The van der Waals surface area contributed by atoms with Crippen LogP contribution in [0.25, 0.3) is 17.1 Å². The first kappa shape index (κ1) is 24.9. The third-order valence-corrected chi connectivity index (χ3v) is 5.56. The van der Waals surface area contributed by atoms with Gasteiger partial charge in [-0.2, -0.15) is 13.2 Å². The van der Waals surface area contributed by atoms with Crippen molar-refractivity contribution in [3.8, 4) is 17.1 Å². The molecule has 0 aliphatic rings. The Morgan fingerprint density at radius 2 is 1.71 bits per heavy atom. The van der Waals surface area contributed by atoms with E-state index < -0.39 is 31.1 Å². The maximum absolute atomic E-state index is 13.0. The number of hydrogen-bond acceptors (Lipinski definition) is 6. The average Bonchev–Trinajstić information content (AvgIpc) is 3.35. The van der Waals surface area contributed by atoms with Gasteiger partial charge in [-0.1, -0.05) is 35.3 Å². The van der Waals surface area contributed by atoms with Crippen molar-refractivity contribution in [1.29, 1.82) is 0 Å². The summed E-state index contributed by atoms with van der Waals surface area (Å²) in [4.78, 5) is 17.2. The fourth-order valence-electron chi connectivity index (χ4n) is 3.31. The van der Waals surface area contributed by atoms with Crippen LogP contribution in [0.5, 0.6) is 0 Å². The molecule has 0 fully saturated rings. The molecule has 1 atom stereocenters. The van der Waals surface area contributed by atoms with Gasteiger partial charge in [0.2, 0.25) is 0 Å². The van der Waals surface area contributed by atoms with Gasteiger partial charge in [0.25, 0.3) is 0 Å². The Hall–Kier alpha value is -3.19. The van der Waals surface area contributed by atoms with Crippen molar-refractivity contribution in [1.82, 2.24) is 29.1 Å². The highest BCUT2D eigenvalue weighted by Gasteiger charge is 2.39.